The maximum atomic E-state index is 14.6. The molecule has 0 radical (unpaired) electrons. The molecule has 230 valence electrons. The molecule has 0 saturated carbocycles. The van der Waals surface area contributed by atoms with Crippen molar-refractivity contribution >= 4 is 57.3 Å². The number of anilines is 2. The molecule has 1 heterocycles. The number of rotatable bonds is 4. The van der Waals surface area contributed by atoms with E-state index >= 15 is 0 Å². The highest BCUT2D eigenvalue weighted by Crippen LogP contribution is 2.44. The van der Waals surface area contributed by atoms with Gasteiger partial charge >= 0.3 is 12.3 Å². The second-order valence-electron chi connectivity index (χ2n) is 11.5. The van der Waals surface area contributed by atoms with Crippen molar-refractivity contribution in [1.29, 1.82) is 0 Å². The Bertz CT molecular complexity index is 1720. The van der Waals surface area contributed by atoms with Gasteiger partial charge in [0.1, 0.15) is 5.60 Å². The summed E-state index contributed by atoms with van der Waals surface area (Å²) in [5.41, 5.74) is -0.835. The van der Waals surface area contributed by atoms with Crippen molar-refractivity contribution in [2.75, 3.05) is 36.4 Å². The minimum Gasteiger partial charge on any atom is -0.444 e. The van der Waals surface area contributed by atoms with E-state index in [0.717, 1.165) is 11.5 Å². The maximum absolute atomic E-state index is 14.6. The Morgan fingerprint density at radius 3 is 2.18 bits per heavy atom. The third kappa shape index (κ3) is 6.89. The average Bonchev–Trinajstić information content (AvgIpc) is 2.97. The van der Waals surface area contributed by atoms with Gasteiger partial charge in [-0.2, -0.15) is 13.2 Å². The predicted molar refractivity (Wildman–Crippen MR) is 169 cm³/mol. The van der Waals surface area contributed by atoms with E-state index in [1.54, 1.807) is 49.9 Å². The Kier molecular flexibility index (Phi) is 8.73. The van der Waals surface area contributed by atoms with Crippen molar-refractivity contribution in [1.82, 2.24) is 4.90 Å². The Labute approximate surface area is 263 Å². The number of benzene rings is 4. The molecule has 1 aliphatic rings. The largest absolute Gasteiger partial charge is 0.444 e. The summed E-state index contributed by atoms with van der Waals surface area (Å²) in [6.45, 7) is 6.46. The van der Waals surface area contributed by atoms with Gasteiger partial charge in [0, 0.05) is 31.7 Å². The van der Waals surface area contributed by atoms with Crippen LogP contribution in [-0.4, -0.2) is 48.7 Å². The second-order valence-corrected chi connectivity index (χ2v) is 12.3. The van der Waals surface area contributed by atoms with Crippen LogP contribution in [0.25, 0.3) is 21.9 Å². The molecule has 0 aliphatic carbocycles. The fraction of sp³-hybridized carbons (Fsp3) is 0.273. The molecule has 6 nitrogen and oxygen atoms in total. The Morgan fingerprint density at radius 2 is 1.52 bits per heavy atom. The topological polar surface area (TPSA) is 61.9 Å². The molecule has 1 N–H and O–H groups in total. The number of hydrogen-bond donors (Lipinski definition) is 1. The van der Waals surface area contributed by atoms with Gasteiger partial charge in [-0.1, -0.05) is 65.7 Å². The summed E-state index contributed by atoms with van der Waals surface area (Å²) < 4.78 is 49.2. The van der Waals surface area contributed by atoms with Crippen molar-refractivity contribution < 1.29 is 27.5 Å². The van der Waals surface area contributed by atoms with Crippen molar-refractivity contribution in [3.05, 3.63) is 94.0 Å². The molecule has 0 unspecified atom stereocenters. The van der Waals surface area contributed by atoms with Gasteiger partial charge in [-0.05, 0) is 73.0 Å². The number of alkyl halides is 3. The van der Waals surface area contributed by atoms with Crippen LogP contribution in [0.5, 0.6) is 0 Å². The number of ether oxygens (including phenoxy) is 1. The van der Waals surface area contributed by atoms with Gasteiger partial charge in [-0.25, -0.2) is 4.79 Å². The van der Waals surface area contributed by atoms with Gasteiger partial charge < -0.3 is 19.9 Å². The van der Waals surface area contributed by atoms with Crippen LogP contribution in [0.3, 0.4) is 0 Å². The van der Waals surface area contributed by atoms with Gasteiger partial charge in [-0.3, -0.25) is 4.79 Å². The SMILES string of the molecule is CC(C)(C)OC(=O)N1CCN(c2cc(-c3ccc(Cl)c(Cl)c3)c(C(F)(F)F)cc2NC(=O)c2cccc3ccccc23)CC1. The summed E-state index contributed by atoms with van der Waals surface area (Å²) in [4.78, 5) is 29.7. The molecule has 0 spiro atoms. The van der Waals surface area contributed by atoms with Crippen LogP contribution in [0.15, 0.2) is 72.8 Å². The fourth-order valence-corrected chi connectivity index (χ4v) is 5.45. The number of amides is 2. The molecule has 44 heavy (non-hydrogen) atoms. The third-order valence-corrected chi connectivity index (χ3v) is 7.97. The van der Waals surface area contributed by atoms with Gasteiger partial charge in [0.25, 0.3) is 5.91 Å². The van der Waals surface area contributed by atoms with Crippen LogP contribution in [-0.2, 0) is 10.9 Å². The Hall–Kier alpha value is -3.95. The lowest BCUT2D eigenvalue weighted by Crippen LogP contribution is -2.50. The molecular formula is C33H30Cl2F3N3O3. The van der Waals surface area contributed by atoms with Crippen molar-refractivity contribution in [3.8, 4) is 11.1 Å². The van der Waals surface area contributed by atoms with Gasteiger partial charge in [-0.15, -0.1) is 0 Å². The van der Waals surface area contributed by atoms with E-state index in [4.69, 9.17) is 27.9 Å². The van der Waals surface area contributed by atoms with Crippen LogP contribution in [0, 0.1) is 0 Å². The molecule has 1 saturated heterocycles. The first-order valence-corrected chi connectivity index (χ1v) is 14.7. The molecule has 1 fully saturated rings. The first-order valence-electron chi connectivity index (χ1n) is 13.9. The van der Waals surface area contributed by atoms with Crippen LogP contribution in [0.2, 0.25) is 10.0 Å². The van der Waals surface area contributed by atoms with Crippen molar-refractivity contribution in [3.63, 3.8) is 0 Å². The smallest absolute Gasteiger partial charge is 0.417 e. The molecule has 1 aliphatic heterocycles. The minimum absolute atomic E-state index is 0.00946. The van der Waals surface area contributed by atoms with Gasteiger partial charge in [0.2, 0.25) is 0 Å². The Morgan fingerprint density at radius 1 is 0.841 bits per heavy atom. The van der Waals surface area contributed by atoms with E-state index in [9.17, 15) is 22.8 Å². The van der Waals surface area contributed by atoms with Crippen LogP contribution < -0.4 is 10.2 Å². The minimum atomic E-state index is -4.76. The van der Waals surface area contributed by atoms with Crippen LogP contribution >= 0.6 is 23.2 Å². The second kappa shape index (κ2) is 12.2. The van der Waals surface area contributed by atoms with E-state index in [1.807, 2.05) is 23.1 Å². The van der Waals surface area contributed by atoms with Crippen molar-refractivity contribution in [2.24, 2.45) is 0 Å². The normalized spacial score (nSPS) is 14.1. The van der Waals surface area contributed by atoms with E-state index in [0.29, 0.717) is 29.7 Å². The standard InChI is InChI=1S/C33H30Cl2F3N3O3/c1-32(2,3)44-31(43)41-15-13-40(14-16-41)29-18-24(21-11-12-26(34)27(35)17-21)25(33(36,37)38)19-28(29)39-30(42)23-10-6-8-20-7-4-5-9-22(20)23/h4-12,17-19H,13-16H2,1-3H3,(H,39,42). The zero-order chi connectivity index (χ0) is 31.8. The highest BCUT2D eigenvalue weighted by Gasteiger charge is 2.36. The number of nitrogens with one attached hydrogen (secondary N) is 1. The number of fused-ring (bicyclic) bond motifs is 1. The molecule has 4 aromatic rings. The molecule has 5 rings (SSSR count). The van der Waals surface area contributed by atoms with Crippen LogP contribution in [0.4, 0.5) is 29.3 Å². The molecule has 0 bridgehead atoms. The number of halogens is 5. The Balaban J connectivity index is 1.58. The summed E-state index contributed by atoms with van der Waals surface area (Å²) in [7, 11) is 0. The highest BCUT2D eigenvalue weighted by molar-refractivity contribution is 6.42. The summed E-state index contributed by atoms with van der Waals surface area (Å²) in [5, 5.41) is 4.57. The molecule has 2 amide bonds. The number of nitrogens with zero attached hydrogens (tertiary/aromatic N) is 2. The lowest BCUT2D eigenvalue weighted by molar-refractivity contribution is -0.137. The maximum Gasteiger partial charge on any atom is 0.417 e. The third-order valence-electron chi connectivity index (χ3n) is 7.23. The zero-order valence-electron chi connectivity index (χ0n) is 24.3. The first-order chi connectivity index (χ1) is 20.7. The van der Waals surface area contributed by atoms with Crippen LogP contribution in [0.1, 0.15) is 36.7 Å². The predicted octanol–water partition coefficient (Wildman–Crippen LogP) is 9.14. The summed E-state index contributed by atoms with van der Waals surface area (Å²) in [5.74, 6) is -0.550. The molecular weight excluding hydrogens is 614 g/mol. The monoisotopic (exact) mass is 643 g/mol. The molecule has 11 heteroatoms. The van der Waals surface area contributed by atoms with E-state index < -0.39 is 29.3 Å². The summed E-state index contributed by atoms with van der Waals surface area (Å²) in [6.07, 6.45) is -5.22. The van der Waals surface area contributed by atoms with Crippen molar-refractivity contribution in [2.45, 2.75) is 32.5 Å². The number of piperazine rings is 1. The van der Waals surface area contributed by atoms with Gasteiger partial charge in [0.15, 0.2) is 0 Å². The summed E-state index contributed by atoms with van der Waals surface area (Å²) in [6, 6.07) is 19.1. The fourth-order valence-electron chi connectivity index (χ4n) is 5.16. The van der Waals surface area contributed by atoms with Gasteiger partial charge in [0.05, 0.1) is 27.0 Å². The van der Waals surface area contributed by atoms with E-state index in [2.05, 4.69) is 5.32 Å². The lowest BCUT2D eigenvalue weighted by atomic mass is 9.96. The quantitative estimate of drug-likeness (QED) is 0.241. The zero-order valence-corrected chi connectivity index (χ0v) is 25.8. The number of carbonyl (C=O) groups excluding carboxylic acids is 2. The molecule has 0 aromatic heterocycles. The highest BCUT2D eigenvalue weighted by atomic mass is 35.5. The summed E-state index contributed by atoms with van der Waals surface area (Å²) >= 11 is 12.3. The number of hydrogen-bond acceptors (Lipinski definition) is 4. The average molecular weight is 645 g/mol. The molecule has 4 aromatic carbocycles. The first kappa shape index (κ1) is 31.5. The lowest BCUT2D eigenvalue weighted by Gasteiger charge is -2.38. The van der Waals surface area contributed by atoms with E-state index in [-0.39, 0.29) is 39.9 Å². The van der Waals surface area contributed by atoms with E-state index in [1.165, 1.54) is 24.3 Å². The number of carbonyl (C=O) groups is 2. The molecule has 0 atom stereocenters.